The zero-order valence-electron chi connectivity index (χ0n) is 11.1. The number of hydrogen-bond donors (Lipinski definition) is 3. The van der Waals surface area contributed by atoms with E-state index in [-0.39, 0.29) is 18.7 Å². The Morgan fingerprint density at radius 3 is 2.70 bits per heavy atom. The van der Waals surface area contributed by atoms with Gasteiger partial charge in [0.05, 0.1) is 6.04 Å². The molecule has 0 spiro atoms. The average Bonchev–Trinajstić information content (AvgIpc) is 2.99. The van der Waals surface area contributed by atoms with E-state index in [4.69, 9.17) is 5.11 Å². The Morgan fingerprint density at radius 1 is 1.25 bits per heavy atom. The molecule has 5 heteroatoms. The molecule has 0 fully saturated rings. The molecule has 4 nitrogen and oxygen atoms in total. The lowest BCUT2D eigenvalue weighted by Gasteiger charge is -2.18. The molecule has 20 heavy (non-hydrogen) atoms. The van der Waals surface area contributed by atoms with Crippen LogP contribution in [0.5, 0.6) is 0 Å². The number of thiophene rings is 1. The van der Waals surface area contributed by atoms with Crippen molar-refractivity contribution in [2.24, 2.45) is 0 Å². The Balaban J connectivity index is 1.89. The molecule has 106 valence electrons. The Hall–Kier alpha value is -1.85. The number of hydrogen-bond acceptors (Lipinski definition) is 3. The lowest BCUT2D eigenvalue weighted by molar-refractivity contribution is 0.229. The summed E-state index contributed by atoms with van der Waals surface area (Å²) in [6, 6.07) is 11.2. The smallest absolute Gasteiger partial charge is 0.315 e. The van der Waals surface area contributed by atoms with Gasteiger partial charge in [-0.2, -0.15) is 11.3 Å². The van der Waals surface area contributed by atoms with Crippen LogP contribution < -0.4 is 10.6 Å². The maximum absolute atomic E-state index is 11.9. The van der Waals surface area contributed by atoms with Crippen LogP contribution in [-0.4, -0.2) is 17.7 Å². The van der Waals surface area contributed by atoms with Gasteiger partial charge in [-0.05, 0) is 34.4 Å². The van der Waals surface area contributed by atoms with Crippen LogP contribution in [-0.2, 0) is 6.54 Å². The molecular weight excluding hydrogens is 272 g/mol. The summed E-state index contributed by atoms with van der Waals surface area (Å²) in [7, 11) is 0. The van der Waals surface area contributed by atoms with Crippen molar-refractivity contribution in [3.8, 4) is 0 Å². The van der Waals surface area contributed by atoms with Crippen molar-refractivity contribution >= 4 is 17.4 Å². The number of aliphatic hydroxyl groups excluding tert-OH is 1. The number of rotatable bonds is 6. The van der Waals surface area contributed by atoms with Gasteiger partial charge in [-0.25, -0.2) is 4.79 Å². The largest absolute Gasteiger partial charge is 0.396 e. The Bertz CT molecular complexity index is 514. The Labute approximate surface area is 122 Å². The van der Waals surface area contributed by atoms with Gasteiger partial charge in [0.15, 0.2) is 0 Å². The van der Waals surface area contributed by atoms with Gasteiger partial charge >= 0.3 is 6.03 Å². The fourth-order valence-electron chi connectivity index (χ4n) is 1.92. The fourth-order valence-corrected chi connectivity index (χ4v) is 2.59. The third kappa shape index (κ3) is 4.36. The first kappa shape index (κ1) is 14.6. The molecule has 0 saturated heterocycles. The van der Waals surface area contributed by atoms with Crippen molar-refractivity contribution < 1.29 is 9.90 Å². The molecule has 0 aliphatic carbocycles. The molecule has 2 aromatic rings. The van der Waals surface area contributed by atoms with Crippen LogP contribution in [0.4, 0.5) is 4.79 Å². The van der Waals surface area contributed by atoms with E-state index in [2.05, 4.69) is 10.6 Å². The highest BCUT2D eigenvalue weighted by Gasteiger charge is 2.13. The summed E-state index contributed by atoms with van der Waals surface area (Å²) >= 11 is 1.61. The van der Waals surface area contributed by atoms with Crippen LogP contribution in [0.25, 0.3) is 0 Å². The van der Waals surface area contributed by atoms with E-state index in [1.807, 2.05) is 47.2 Å². The maximum Gasteiger partial charge on any atom is 0.315 e. The lowest BCUT2D eigenvalue weighted by Crippen LogP contribution is -2.37. The second-order valence-corrected chi connectivity index (χ2v) is 5.21. The van der Waals surface area contributed by atoms with Gasteiger partial charge in [0.1, 0.15) is 0 Å². The molecule has 0 aliphatic rings. The minimum Gasteiger partial charge on any atom is -0.396 e. The summed E-state index contributed by atoms with van der Waals surface area (Å²) < 4.78 is 0. The minimum absolute atomic E-state index is 0.0321. The van der Waals surface area contributed by atoms with Crippen LogP contribution in [0.15, 0.2) is 47.2 Å². The summed E-state index contributed by atoms with van der Waals surface area (Å²) in [6.45, 7) is 0.542. The molecule has 0 bridgehead atoms. The highest BCUT2D eigenvalue weighted by atomic mass is 32.1. The fraction of sp³-hybridized carbons (Fsp3) is 0.267. The summed E-state index contributed by atoms with van der Waals surface area (Å²) in [4.78, 5) is 11.9. The normalized spacial score (nSPS) is 11.8. The van der Waals surface area contributed by atoms with Gasteiger partial charge in [-0.1, -0.05) is 30.3 Å². The number of benzene rings is 1. The lowest BCUT2D eigenvalue weighted by atomic mass is 10.0. The maximum atomic E-state index is 11.9. The number of carbonyl (C=O) groups is 1. The molecule has 1 heterocycles. The van der Waals surface area contributed by atoms with Gasteiger partial charge in [0.25, 0.3) is 0 Å². The number of carbonyl (C=O) groups excluding carboxylic acids is 1. The van der Waals surface area contributed by atoms with E-state index in [1.165, 1.54) is 0 Å². The predicted molar refractivity (Wildman–Crippen MR) is 80.6 cm³/mol. The summed E-state index contributed by atoms with van der Waals surface area (Å²) in [5, 5.41) is 18.8. The zero-order chi connectivity index (χ0) is 14.2. The first-order valence-electron chi connectivity index (χ1n) is 6.51. The first-order chi connectivity index (χ1) is 9.79. The van der Waals surface area contributed by atoms with Gasteiger partial charge in [0, 0.05) is 13.2 Å². The number of nitrogens with one attached hydrogen (secondary N) is 2. The molecule has 0 radical (unpaired) electrons. The molecule has 1 aromatic heterocycles. The van der Waals surface area contributed by atoms with Crippen LogP contribution in [0.2, 0.25) is 0 Å². The van der Waals surface area contributed by atoms with Crippen LogP contribution >= 0.6 is 11.3 Å². The number of amides is 2. The molecular formula is C15H18N2O2S. The minimum atomic E-state index is -0.224. The van der Waals surface area contributed by atoms with Crippen molar-refractivity contribution in [2.45, 2.75) is 19.0 Å². The van der Waals surface area contributed by atoms with Gasteiger partial charge in [0.2, 0.25) is 0 Å². The highest BCUT2D eigenvalue weighted by Crippen LogP contribution is 2.15. The predicted octanol–water partition coefficient (Wildman–Crippen LogP) is 2.67. The van der Waals surface area contributed by atoms with Gasteiger partial charge in [-0.3, -0.25) is 0 Å². The zero-order valence-corrected chi connectivity index (χ0v) is 11.9. The van der Waals surface area contributed by atoms with E-state index in [1.54, 1.807) is 11.3 Å². The van der Waals surface area contributed by atoms with E-state index < -0.39 is 0 Å². The van der Waals surface area contributed by atoms with Gasteiger partial charge < -0.3 is 15.7 Å². The van der Waals surface area contributed by atoms with Crippen LogP contribution in [0, 0.1) is 0 Å². The first-order valence-corrected chi connectivity index (χ1v) is 7.45. The van der Waals surface area contributed by atoms with E-state index >= 15 is 0 Å². The van der Waals surface area contributed by atoms with Crippen molar-refractivity contribution in [3.05, 3.63) is 58.3 Å². The van der Waals surface area contributed by atoms with Crippen LogP contribution in [0.1, 0.15) is 23.6 Å². The van der Waals surface area contributed by atoms with E-state index in [0.29, 0.717) is 13.0 Å². The highest BCUT2D eigenvalue weighted by molar-refractivity contribution is 7.07. The SMILES string of the molecule is O=C(NCc1ccsc1)N[C@H](CCO)c1ccccc1. The summed E-state index contributed by atoms with van der Waals surface area (Å²) in [5.74, 6) is 0. The standard InChI is InChI=1S/C15H18N2O2S/c18-8-6-14(13-4-2-1-3-5-13)17-15(19)16-10-12-7-9-20-11-12/h1-5,7,9,11,14,18H,6,8,10H2,(H2,16,17,19)/t14-/m1/s1. The third-order valence-corrected chi connectivity index (χ3v) is 3.69. The molecule has 0 unspecified atom stereocenters. The number of urea groups is 1. The van der Waals surface area contributed by atoms with Crippen molar-refractivity contribution in [1.82, 2.24) is 10.6 Å². The number of aliphatic hydroxyl groups is 1. The second-order valence-electron chi connectivity index (χ2n) is 4.43. The molecule has 3 N–H and O–H groups in total. The van der Waals surface area contributed by atoms with Crippen molar-refractivity contribution in [2.75, 3.05) is 6.61 Å². The summed E-state index contributed by atoms with van der Waals surface area (Å²) in [5.41, 5.74) is 2.08. The molecule has 1 atom stereocenters. The van der Waals surface area contributed by atoms with Crippen LogP contribution in [0.3, 0.4) is 0 Å². The third-order valence-electron chi connectivity index (χ3n) is 2.96. The Morgan fingerprint density at radius 2 is 2.05 bits per heavy atom. The second kappa shape index (κ2) is 7.67. The monoisotopic (exact) mass is 290 g/mol. The molecule has 2 rings (SSSR count). The topological polar surface area (TPSA) is 61.4 Å². The Kier molecular flexibility index (Phi) is 5.58. The molecule has 0 aliphatic heterocycles. The summed E-state index contributed by atoms with van der Waals surface area (Å²) in [6.07, 6.45) is 0.496. The van der Waals surface area contributed by atoms with E-state index in [0.717, 1.165) is 11.1 Å². The van der Waals surface area contributed by atoms with Gasteiger partial charge in [-0.15, -0.1) is 0 Å². The van der Waals surface area contributed by atoms with Crippen molar-refractivity contribution in [1.29, 1.82) is 0 Å². The molecule has 2 amide bonds. The molecule has 1 aromatic carbocycles. The quantitative estimate of drug-likeness (QED) is 0.766. The van der Waals surface area contributed by atoms with Crippen molar-refractivity contribution in [3.63, 3.8) is 0 Å². The molecule has 0 saturated carbocycles. The van der Waals surface area contributed by atoms with E-state index in [9.17, 15) is 4.79 Å². The average molecular weight is 290 g/mol.